The lowest BCUT2D eigenvalue weighted by atomic mass is 9.84. The average Bonchev–Trinajstić information content (AvgIpc) is 2.61. The van der Waals surface area contributed by atoms with Crippen molar-refractivity contribution in [2.24, 2.45) is 0 Å². The van der Waals surface area contributed by atoms with Gasteiger partial charge in [0.25, 0.3) is 0 Å². The van der Waals surface area contributed by atoms with Gasteiger partial charge < -0.3 is 15.1 Å². The number of aromatic hydroxyl groups is 1. The van der Waals surface area contributed by atoms with Crippen molar-refractivity contribution < 1.29 is 19.8 Å². The van der Waals surface area contributed by atoms with Crippen LogP contribution in [0.15, 0.2) is 36.4 Å². The Labute approximate surface area is 160 Å². The van der Waals surface area contributed by atoms with E-state index in [1.165, 1.54) is 6.07 Å². The quantitative estimate of drug-likeness (QED) is 0.735. The van der Waals surface area contributed by atoms with E-state index in [-0.39, 0.29) is 27.9 Å². The second-order valence-electron chi connectivity index (χ2n) is 7.52. The minimum atomic E-state index is -1.17. The SMILES string of the molecule is CCN(CC)c1ccc(C(=O)c2cc(C(C)(C)C)ccc2C(=O)O)c(O)c1. The molecule has 0 amide bonds. The van der Waals surface area contributed by atoms with E-state index in [9.17, 15) is 19.8 Å². The van der Waals surface area contributed by atoms with Gasteiger partial charge in [-0.25, -0.2) is 4.79 Å². The molecule has 5 heteroatoms. The molecule has 0 spiro atoms. The van der Waals surface area contributed by atoms with Crippen molar-refractivity contribution >= 4 is 17.4 Å². The van der Waals surface area contributed by atoms with E-state index in [1.54, 1.807) is 30.3 Å². The number of carbonyl (C=O) groups excluding carboxylic acids is 1. The van der Waals surface area contributed by atoms with Crippen molar-refractivity contribution in [1.82, 2.24) is 0 Å². The maximum atomic E-state index is 13.1. The van der Waals surface area contributed by atoms with Crippen LogP contribution in [0.5, 0.6) is 5.75 Å². The second kappa shape index (κ2) is 7.82. The molecule has 2 N–H and O–H groups in total. The number of rotatable bonds is 6. The number of benzene rings is 2. The van der Waals surface area contributed by atoms with Gasteiger partial charge in [-0.2, -0.15) is 0 Å². The van der Waals surface area contributed by atoms with Gasteiger partial charge in [0.15, 0.2) is 5.78 Å². The molecule has 27 heavy (non-hydrogen) atoms. The first kappa shape index (κ1) is 20.5. The first-order chi connectivity index (χ1) is 12.6. The zero-order valence-electron chi connectivity index (χ0n) is 16.5. The van der Waals surface area contributed by atoms with Gasteiger partial charge in [0.05, 0.1) is 11.1 Å². The number of aromatic carboxylic acids is 1. The zero-order valence-corrected chi connectivity index (χ0v) is 16.5. The Balaban J connectivity index is 2.55. The first-order valence-electron chi connectivity index (χ1n) is 9.10. The standard InChI is InChI=1S/C22H27NO4/c1-6-23(7-2)15-9-11-17(19(24)13-15)20(25)18-12-14(22(3,4)5)8-10-16(18)21(26)27/h8-13,24H,6-7H2,1-5H3,(H,26,27). The maximum absolute atomic E-state index is 13.1. The third kappa shape index (κ3) is 4.30. The maximum Gasteiger partial charge on any atom is 0.336 e. The smallest absolute Gasteiger partial charge is 0.336 e. The summed E-state index contributed by atoms with van der Waals surface area (Å²) in [6.07, 6.45) is 0. The van der Waals surface area contributed by atoms with Crippen molar-refractivity contribution in [3.63, 3.8) is 0 Å². The number of anilines is 1. The van der Waals surface area contributed by atoms with Crippen LogP contribution in [0.25, 0.3) is 0 Å². The molecule has 2 aromatic carbocycles. The Morgan fingerprint density at radius 1 is 0.926 bits per heavy atom. The molecule has 0 aliphatic rings. The molecule has 0 heterocycles. The van der Waals surface area contributed by atoms with Crippen LogP contribution < -0.4 is 4.90 Å². The molecule has 0 atom stereocenters. The summed E-state index contributed by atoms with van der Waals surface area (Å²) in [5, 5.41) is 19.9. The monoisotopic (exact) mass is 369 g/mol. The summed E-state index contributed by atoms with van der Waals surface area (Å²) in [7, 11) is 0. The molecule has 5 nitrogen and oxygen atoms in total. The van der Waals surface area contributed by atoms with E-state index in [0.29, 0.717) is 0 Å². The predicted molar refractivity (Wildman–Crippen MR) is 107 cm³/mol. The van der Waals surface area contributed by atoms with Gasteiger partial charge in [-0.1, -0.05) is 26.8 Å². The summed E-state index contributed by atoms with van der Waals surface area (Å²) in [5.41, 5.74) is 1.55. The average molecular weight is 369 g/mol. The number of phenols is 1. The number of nitrogens with zero attached hydrogens (tertiary/aromatic N) is 1. The van der Waals surface area contributed by atoms with Crippen molar-refractivity contribution in [1.29, 1.82) is 0 Å². The third-order valence-electron chi connectivity index (χ3n) is 4.72. The van der Waals surface area contributed by atoms with Gasteiger partial charge in [-0.05, 0) is 49.1 Å². The number of carbonyl (C=O) groups is 2. The van der Waals surface area contributed by atoms with Crippen LogP contribution in [-0.4, -0.2) is 35.1 Å². The third-order valence-corrected chi connectivity index (χ3v) is 4.72. The van der Waals surface area contributed by atoms with E-state index in [1.807, 2.05) is 34.6 Å². The summed E-state index contributed by atoms with van der Waals surface area (Å²) in [4.78, 5) is 26.7. The van der Waals surface area contributed by atoms with Gasteiger partial charge in [0.2, 0.25) is 0 Å². The number of ketones is 1. The highest BCUT2D eigenvalue weighted by atomic mass is 16.4. The minimum Gasteiger partial charge on any atom is -0.507 e. The van der Waals surface area contributed by atoms with Crippen LogP contribution in [0.3, 0.4) is 0 Å². The molecule has 0 saturated heterocycles. The number of hydrogen-bond acceptors (Lipinski definition) is 4. The first-order valence-corrected chi connectivity index (χ1v) is 9.10. The summed E-state index contributed by atoms with van der Waals surface area (Å²) in [6, 6.07) is 9.67. The van der Waals surface area contributed by atoms with Gasteiger partial charge in [-0.3, -0.25) is 4.79 Å². The number of phenolic OH excluding ortho intramolecular Hbond substituents is 1. The summed E-state index contributed by atoms with van der Waals surface area (Å²) >= 11 is 0. The Morgan fingerprint density at radius 2 is 1.52 bits per heavy atom. The Bertz CT molecular complexity index is 861. The molecule has 0 radical (unpaired) electrons. The normalized spacial score (nSPS) is 11.3. The summed E-state index contributed by atoms with van der Waals surface area (Å²) in [5.74, 6) is -1.82. The van der Waals surface area contributed by atoms with E-state index in [2.05, 4.69) is 4.90 Å². The van der Waals surface area contributed by atoms with E-state index >= 15 is 0 Å². The molecule has 2 aromatic rings. The van der Waals surface area contributed by atoms with Crippen LogP contribution >= 0.6 is 0 Å². The van der Waals surface area contributed by atoms with E-state index < -0.39 is 11.8 Å². The van der Waals surface area contributed by atoms with Crippen LogP contribution in [0.2, 0.25) is 0 Å². The second-order valence-corrected chi connectivity index (χ2v) is 7.52. The minimum absolute atomic E-state index is 0.0692. The van der Waals surface area contributed by atoms with E-state index in [0.717, 1.165) is 24.3 Å². The lowest BCUT2D eigenvalue weighted by Gasteiger charge is -2.22. The van der Waals surface area contributed by atoms with Crippen LogP contribution in [0.4, 0.5) is 5.69 Å². The van der Waals surface area contributed by atoms with Crippen LogP contribution in [-0.2, 0) is 5.41 Å². The fourth-order valence-electron chi connectivity index (χ4n) is 3.03. The number of hydrogen-bond donors (Lipinski definition) is 2. The Morgan fingerprint density at radius 3 is 2.00 bits per heavy atom. The summed E-state index contributed by atoms with van der Waals surface area (Å²) in [6.45, 7) is 11.6. The highest BCUT2D eigenvalue weighted by Gasteiger charge is 2.24. The molecule has 2 rings (SSSR count). The molecule has 144 valence electrons. The van der Waals surface area contributed by atoms with Crippen molar-refractivity contribution in [2.45, 2.75) is 40.0 Å². The lowest BCUT2D eigenvalue weighted by Crippen LogP contribution is -2.21. The molecule has 0 unspecified atom stereocenters. The highest BCUT2D eigenvalue weighted by molar-refractivity contribution is 6.15. The van der Waals surface area contributed by atoms with Gasteiger partial charge in [-0.15, -0.1) is 0 Å². The Kier molecular flexibility index (Phi) is 5.94. The Hall–Kier alpha value is -2.82. The van der Waals surface area contributed by atoms with Crippen molar-refractivity contribution in [3.05, 3.63) is 58.7 Å². The molecule has 0 aliphatic heterocycles. The topological polar surface area (TPSA) is 77.8 Å². The van der Waals surface area contributed by atoms with Gasteiger partial charge in [0, 0.05) is 30.4 Å². The largest absolute Gasteiger partial charge is 0.507 e. The molecule has 0 aliphatic carbocycles. The van der Waals surface area contributed by atoms with Gasteiger partial charge >= 0.3 is 5.97 Å². The van der Waals surface area contributed by atoms with Crippen molar-refractivity contribution in [2.75, 3.05) is 18.0 Å². The van der Waals surface area contributed by atoms with E-state index in [4.69, 9.17) is 0 Å². The molecule has 0 bridgehead atoms. The van der Waals surface area contributed by atoms with Crippen LogP contribution in [0.1, 0.15) is 66.5 Å². The van der Waals surface area contributed by atoms with Crippen LogP contribution in [0, 0.1) is 0 Å². The predicted octanol–water partition coefficient (Wildman–Crippen LogP) is 4.47. The molecule has 0 aromatic heterocycles. The number of carboxylic acid groups (broad SMARTS) is 1. The fraction of sp³-hybridized carbons (Fsp3) is 0.364. The molecule has 0 saturated carbocycles. The van der Waals surface area contributed by atoms with Gasteiger partial charge in [0.1, 0.15) is 5.75 Å². The summed E-state index contributed by atoms with van der Waals surface area (Å²) < 4.78 is 0. The van der Waals surface area contributed by atoms with Crippen molar-refractivity contribution in [3.8, 4) is 5.75 Å². The molecule has 0 fully saturated rings. The molecular formula is C22H27NO4. The zero-order chi connectivity index (χ0) is 20.4. The fourth-order valence-corrected chi connectivity index (χ4v) is 3.03. The lowest BCUT2D eigenvalue weighted by molar-refractivity contribution is 0.0692. The molecular weight excluding hydrogens is 342 g/mol. The number of carboxylic acids is 1. The highest BCUT2D eigenvalue weighted by Crippen LogP contribution is 2.30.